The number of thiocarbonyl (C=S) groups is 1. The van der Waals surface area contributed by atoms with Crippen LogP contribution in [-0.4, -0.2) is 9.68 Å². The Hall–Kier alpha value is -1.03. The van der Waals surface area contributed by atoms with E-state index >= 15 is 0 Å². The zero-order chi connectivity index (χ0) is 8.27. The maximum absolute atomic E-state index is 5.27. The van der Waals surface area contributed by atoms with E-state index in [1.807, 2.05) is 29.9 Å². The van der Waals surface area contributed by atoms with Gasteiger partial charge in [-0.3, -0.25) is 0 Å². The number of hydrogen-bond acceptors (Lipinski definition) is 1. The van der Waals surface area contributed by atoms with Gasteiger partial charge in [-0.05, 0) is 24.4 Å². The summed E-state index contributed by atoms with van der Waals surface area (Å²) in [6, 6.07) is 4.00. The van der Waals surface area contributed by atoms with E-state index in [-0.39, 0.29) is 0 Å². The molecule has 4 heteroatoms. The van der Waals surface area contributed by atoms with Crippen LogP contribution in [0.2, 0.25) is 0 Å². The van der Waals surface area contributed by atoms with Crippen molar-refractivity contribution in [1.82, 2.24) is 9.88 Å². The molecule has 0 unspecified atom stereocenters. The Morgan fingerprint density at radius 1 is 1.82 bits per heavy atom. The number of rotatable bonds is 2. The van der Waals surface area contributed by atoms with Crippen molar-refractivity contribution in [3.63, 3.8) is 0 Å². The second-order valence-corrected chi connectivity index (χ2v) is 2.77. The van der Waals surface area contributed by atoms with E-state index in [1.54, 1.807) is 0 Å². The summed E-state index contributed by atoms with van der Waals surface area (Å²) >= 11 is 4.67. The van der Waals surface area contributed by atoms with Crippen LogP contribution in [0.15, 0.2) is 18.3 Å². The molecule has 0 spiro atoms. The van der Waals surface area contributed by atoms with Gasteiger partial charge in [0.1, 0.15) is 0 Å². The first-order valence-corrected chi connectivity index (χ1v) is 3.74. The van der Waals surface area contributed by atoms with Gasteiger partial charge >= 0.3 is 0 Å². The first-order valence-electron chi connectivity index (χ1n) is 3.33. The molecule has 0 fully saturated rings. The molecule has 60 valence electrons. The van der Waals surface area contributed by atoms with Gasteiger partial charge in [-0.15, -0.1) is 0 Å². The highest BCUT2D eigenvalue weighted by molar-refractivity contribution is 7.80. The molecule has 0 saturated carbocycles. The van der Waals surface area contributed by atoms with Gasteiger partial charge in [0, 0.05) is 18.9 Å². The van der Waals surface area contributed by atoms with Gasteiger partial charge in [0.15, 0.2) is 5.11 Å². The van der Waals surface area contributed by atoms with Gasteiger partial charge in [-0.25, -0.2) is 0 Å². The Labute approximate surface area is 71.2 Å². The van der Waals surface area contributed by atoms with E-state index in [4.69, 9.17) is 5.73 Å². The van der Waals surface area contributed by atoms with Crippen molar-refractivity contribution >= 4 is 17.3 Å². The molecule has 0 saturated heterocycles. The molecule has 1 heterocycles. The van der Waals surface area contributed by atoms with Crippen LogP contribution in [0.1, 0.15) is 5.69 Å². The van der Waals surface area contributed by atoms with Crippen LogP contribution >= 0.6 is 12.2 Å². The van der Waals surface area contributed by atoms with Crippen molar-refractivity contribution in [2.45, 2.75) is 6.54 Å². The molecule has 0 bridgehead atoms. The fraction of sp³-hybridized carbons (Fsp3) is 0.286. The molecule has 3 N–H and O–H groups in total. The third-order valence-electron chi connectivity index (χ3n) is 1.50. The standard InChI is InChI=1S/C7H11N3S/c1-10-4-2-3-6(10)5-9-7(8)11/h2-4H,5H2,1H3,(H3,8,9,11). The molecule has 0 aliphatic rings. The number of nitrogens with two attached hydrogens (primary N) is 1. The fourth-order valence-electron chi connectivity index (χ4n) is 0.858. The van der Waals surface area contributed by atoms with Crippen LogP contribution in [0.5, 0.6) is 0 Å². The molecular weight excluding hydrogens is 158 g/mol. The molecule has 0 amide bonds. The van der Waals surface area contributed by atoms with Crippen molar-refractivity contribution in [3.8, 4) is 0 Å². The molecule has 0 atom stereocenters. The Kier molecular flexibility index (Phi) is 2.48. The van der Waals surface area contributed by atoms with Crippen LogP contribution in [-0.2, 0) is 13.6 Å². The van der Waals surface area contributed by atoms with Gasteiger partial charge in [0.2, 0.25) is 0 Å². The number of nitrogens with zero attached hydrogens (tertiary/aromatic N) is 1. The van der Waals surface area contributed by atoms with Crippen molar-refractivity contribution in [2.75, 3.05) is 0 Å². The van der Waals surface area contributed by atoms with Crippen LogP contribution in [0.4, 0.5) is 0 Å². The van der Waals surface area contributed by atoms with Crippen LogP contribution in [0.3, 0.4) is 0 Å². The van der Waals surface area contributed by atoms with Gasteiger partial charge in [0.25, 0.3) is 0 Å². The summed E-state index contributed by atoms with van der Waals surface area (Å²) in [5.74, 6) is 0. The largest absolute Gasteiger partial charge is 0.376 e. The average Bonchev–Trinajstić information content (AvgIpc) is 2.31. The first-order chi connectivity index (χ1) is 5.20. The summed E-state index contributed by atoms with van der Waals surface area (Å²) in [5, 5.41) is 3.22. The summed E-state index contributed by atoms with van der Waals surface area (Å²) in [5.41, 5.74) is 6.43. The smallest absolute Gasteiger partial charge is 0.163 e. The molecule has 1 aromatic heterocycles. The highest BCUT2D eigenvalue weighted by atomic mass is 32.1. The third kappa shape index (κ3) is 2.23. The predicted molar refractivity (Wildman–Crippen MR) is 49.0 cm³/mol. The molecule has 11 heavy (non-hydrogen) atoms. The second kappa shape index (κ2) is 3.39. The molecule has 0 aromatic carbocycles. The summed E-state index contributed by atoms with van der Waals surface area (Å²) < 4.78 is 2.02. The van der Waals surface area contributed by atoms with E-state index in [2.05, 4.69) is 17.5 Å². The van der Waals surface area contributed by atoms with E-state index in [9.17, 15) is 0 Å². The molecule has 0 radical (unpaired) electrons. The lowest BCUT2D eigenvalue weighted by Gasteiger charge is -2.04. The summed E-state index contributed by atoms with van der Waals surface area (Å²) in [6.07, 6.45) is 1.98. The Bertz CT molecular complexity index is 254. The minimum absolute atomic E-state index is 0.339. The lowest BCUT2D eigenvalue weighted by atomic mass is 10.4. The SMILES string of the molecule is Cn1cccc1CNC(N)=S. The third-order valence-corrected chi connectivity index (χ3v) is 1.64. The lowest BCUT2D eigenvalue weighted by molar-refractivity contribution is 0.781. The van der Waals surface area contributed by atoms with E-state index < -0.39 is 0 Å². The summed E-state index contributed by atoms with van der Waals surface area (Å²) in [7, 11) is 1.98. The van der Waals surface area contributed by atoms with E-state index in [1.165, 1.54) is 0 Å². The van der Waals surface area contributed by atoms with Crippen molar-refractivity contribution in [1.29, 1.82) is 0 Å². The van der Waals surface area contributed by atoms with Crippen LogP contribution in [0, 0.1) is 0 Å². The summed E-state index contributed by atoms with van der Waals surface area (Å²) in [6.45, 7) is 0.693. The van der Waals surface area contributed by atoms with Gasteiger partial charge in [0.05, 0.1) is 6.54 Å². The number of nitrogens with one attached hydrogen (secondary N) is 1. The van der Waals surface area contributed by atoms with Crippen LogP contribution in [0.25, 0.3) is 0 Å². The zero-order valence-electron chi connectivity index (χ0n) is 6.37. The zero-order valence-corrected chi connectivity index (χ0v) is 7.19. The predicted octanol–water partition coefficient (Wildman–Crippen LogP) is 0.358. The molecule has 1 rings (SSSR count). The minimum Gasteiger partial charge on any atom is -0.376 e. The average molecular weight is 169 g/mol. The highest BCUT2D eigenvalue weighted by Gasteiger charge is 1.94. The topological polar surface area (TPSA) is 43.0 Å². The molecular formula is C7H11N3S. The monoisotopic (exact) mass is 169 g/mol. The molecule has 3 nitrogen and oxygen atoms in total. The Morgan fingerprint density at radius 2 is 2.55 bits per heavy atom. The van der Waals surface area contributed by atoms with Crippen molar-refractivity contribution in [2.24, 2.45) is 12.8 Å². The number of hydrogen-bond donors (Lipinski definition) is 2. The second-order valence-electron chi connectivity index (χ2n) is 2.33. The maximum Gasteiger partial charge on any atom is 0.163 e. The van der Waals surface area contributed by atoms with Gasteiger partial charge in [-0.2, -0.15) is 0 Å². The van der Waals surface area contributed by atoms with Crippen LogP contribution < -0.4 is 11.1 Å². The van der Waals surface area contributed by atoms with Gasteiger partial charge in [-0.1, -0.05) is 0 Å². The van der Waals surface area contributed by atoms with E-state index in [0.717, 1.165) is 5.69 Å². The lowest BCUT2D eigenvalue weighted by Crippen LogP contribution is -2.28. The van der Waals surface area contributed by atoms with Crippen molar-refractivity contribution < 1.29 is 0 Å². The highest BCUT2D eigenvalue weighted by Crippen LogP contribution is 1.97. The maximum atomic E-state index is 5.27. The Morgan fingerprint density at radius 3 is 3.00 bits per heavy atom. The first kappa shape index (κ1) is 8.07. The quantitative estimate of drug-likeness (QED) is 0.628. The summed E-state index contributed by atoms with van der Waals surface area (Å²) in [4.78, 5) is 0. The number of aromatic nitrogens is 1. The molecule has 0 aliphatic heterocycles. The normalized spacial score (nSPS) is 9.55. The van der Waals surface area contributed by atoms with Gasteiger partial charge < -0.3 is 15.6 Å². The minimum atomic E-state index is 0.339. The number of aryl methyl sites for hydroxylation is 1. The van der Waals surface area contributed by atoms with Crippen molar-refractivity contribution in [3.05, 3.63) is 24.0 Å². The van der Waals surface area contributed by atoms with E-state index in [0.29, 0.717) is 11.7 Å². The molecule has 0 aliphatic carbocycles. The Balaban J connectivity index is 2.51. The molecule has 1 aromatic rings. The fourth-order valence-corrected chi connectivity index (χ4v) is 0.930.